The van der Waals surface area contributed by atoms with Gasteiger partial charge in [0.2, 0.25) is 0 Å². The third kappa shape index (κ3) is 2.81. The molecule has 1 unspecified atom stereocenters. The fraction of sp³-hybridized carbons (Fsp3) is 0.385. The summed E-state index contributed by atoms with van der Waals surface area (Å²) in [6.45, 7) is 7.11. The molecule has 2 aromatic heterocycles. The summed E-state index contributed by atoms with van der Waals surface area (Å²) in [5.41, 5.74) is 1.27. The largest absolute Gasteiger partial charge is 0.464 e. The zero-order valence-corrected chi connectivity index (χ0v) is 12.6. The normalized spacial score (nSPS) is 12.9. The van der Waals surface area contributed by atoms with Gasteiger partial charge in [-0.25, -0.2) is 0 Å². The van der Waals surface area contributed by atoms with E-state index in [-0.39, 0.29) is 6.04 Å². The van der Waals surface area contributed by atoms with Crippen molar-refractivity contribution < 1.29 is 4.42 Å². The van der Waals surface area contributed by atoms with Crippen molar-refractivity contribution >= 4 is 27.3 Å². The van der Waals surface area contributed by atoms with Gasteiger partial charge in [0.05, 0.1) is 3.79 Å². The highest BCUT2D eigenvalue weighted by molar-refractivity contribution is 9.11. The Kier molecular flexibility index (Phi) is 4.07. The van der Waals surface area contributed by atoms with Crippen molar-refractivity contribution in [3.05, 3.63) is 43.9 Å². The molecular weight excluding hydrogens is 298 g/mol. The molecule has 1 N–H and O–H groups in total. The Morgan fingerprint density at radius 2 is 2.18 bits per heavy atom. The third-order valence-corrected chi connectivity index (χ3v) is 4.82. The van der Waals surface area contributed by atoms with Crippen LogP contribution in [0.15, 0.2) is 26.4 Å². The van der Waals surface area contributed by atoms with Crippen molar-refractivity contribution in [2.75, 3.05) is 6.54 Å². The summed E-state index contributed by atoms with van der Waals surface area (Å²) in [6, 6.07) is 6.42. The van der Waals surface area contributed by atoms with Gasteiger partial charge in [-0.1, -0.05) is 6.92 Å². The monoisotopic (exact) mass is 313 g/mol. The summed E-state index contributed by atoms with van der Waals surface area (Å²) in [4.78, 5) is 1.28. The van der Waals surface area contributed by atoms with Gasteiger partial charge in [-0.05, 0) is 60.1 Å². The Morgan fingerprint density at radius 1 is 1.41 bits per heavy atom. The van der Waals surface area contributed by atoms with E-state index in [9.17, 15) is 0 Å². The number of rotatable bonds is 4. The molecule has 0 aliphatic heterocycles. The topological polar surface area (TPSA) is 25.2 Å². The van der Waals surface area contributed by atoms with Crippen LogP contribution < -0.4 is 5.32 Å². The summed E-state index contributed by atoms with van der Waals surface area (Å²) in [7, 11) is 0. The molecular formula is C13H16BrNOS. The molecule has 0 aromatic carbocycles. The molecule has 1 atom stereocenters. The van der Waals surface area contributed by atoms with Gasteiger partial charge >= 0.3 is 0 Å². The zero-order valence-electron chi connectivity index (χ0n) is 10.2. The average molecular weight is 314 g/mol. The first-order valence-corrected chi connectivity index (χ1v) is 7.28. The smallest absolute Gasteiger partial charge is 0.126 e. The minimum Gasteiger partial charge on any atom is -0.464 e. The van der Waals surface area contributed by atoms with E-state index in [2.05, 4.69) is 41.2 Å². The Bertz CT molecular complexity index is 484. The molecule has 0 fully saturated rings. The molecule has 2 heterocycles. The van der Waals surface area contributed by atoms with E-state index in [1.165, 1.54) is 14.2 Å². The second kappa shape index (κ2) is 5.38. The Labute approximate surface area is 114 Å². The van der Waals surface area contributed by atoms with Gasteiger partial charge < -0.3 is 9.73 Å². The fourth-order valence-electron chi connectivity index (χ4n) is 1.78. The summed E-state index contributed by atoms with van der Waals surface area (Å²) < 4.78 is 6.92. The van der Waals surface area contributed by atoms with E-state index in [1.54, 1.807) is 11.3 Å². The molecule has 2 nitrogen and oxygen atoms in total. The number of thiophene rings is 1. The predicted octanol–water partition coefficient (Wildman–Crippen LogP) is 4.42. The van der Waals surface area contributed by atoms with Crippen LogP contribution in [0.4, 0.5) is 0 Å². The van der Waals surface area contributed by atoms with E-state index in [0.717, 1.165) is 18.1 Å². The fourth-order valence-corrected chi connectivity index (χ4v) is 3.43. The lowest BCUT2D eigenvalue weighted by atomic mass is 10.1. The quantitative estimate of drug-likeness (QED) is 0.904. The van der Waals surface area contributed by atoms with Crippen LogP contribution in [0, 0.1) is 13.8 Å². The standard InChI is InChI=1S/C13H16BrNOS/c1-4-15-12(10-6-5-9(3)16-10)11-7-8(2)13(14)17-11/h5-7,12,15H,4H2,1-3H3. The van der Waals surface area contributed by atoms with Crippen LogP contribution in [0.2, 0.25) is 0 Å². The van der Waals surface area contributed by atoms with Gasteiger partial charge in [0.1, 0.15) is 17.6 Å². The van der Waals surface area contributed by atoms with Crippen LogP contribution in [0.25, 0.3) is 0 Å². The maximum absolute atomic E-state index is 5.73. The number of nitrogens with one attached hydrogen (secondary N) is 1. The zero-order chi connectivity index (χ0) is 12.4. The lowest BCUT2D eigenvalue weighted by Gasteiger charge is -2.13. The van der Waals surface area contributed by atoms with Crippen molar-refractivity contribution in [3.63, 3.8) is 0 Å². The first-order chi connectivity index (χ1) is 8.11. The second-order valence-electron chi connectivity index (χ2n) is 4.04. The van der Waals surface area contributed by atoms with Crippen molar-refractivity contribution in [1.29, 1.82) is 0 Å². The summed E-state index contributed by atoms with van der Waals surface area (Å²) in [5.74, 6) is 1.94. The van der Waals surface area contributed by atoms with Crippen LogP contribution in [0.5, 0.6) is 0 Å². The number of hydrogen-bond donors (Lipinski definition) is 1. The minimum absolute atomic E-state index is 0.156. The van der Waals surface area contributed by atoms with Gasteiger partial charge in [0.25, 0.3) is 0 Å². The van der Waals surface area contributed by atoms with Crippen molar-refractivity contribution in [2.24, 2.45) is 0 Å². The van der Waals surface area contributed by atoms with E-state index >= 15 is 0 Å². The summed E-state index contributed by atoms with van der Waals surface area (Å²) >= 11 is 5.33. The molecule has 2 rings (SSSR count). The number of furan rings is 1. The lowest BCUT2D eigenvalue weighted by molar-refractivity contribution is 0.437. The molecule has 92 valence electrons. The van der Waals surface area contributed by atoms with Crippen LogP contribution in [0.3, 0.4) is 0 Å². The average Bonchev–Trinajstić information content (AvgIpc) is 2.83. The van der Waals surface area contributed by atoms with Gasteiger partial charge in [-0.15, -0.1) is 11.3 Å². The predicted molar refractivity (Wildman–Crippen MR) is 75.7 cm³/mol. The highest BCUT2D eigenvalue weighted by Crippen LogP contribution is 2.34. The molecule has 0 saturated heterocycles. The third-order valence-electron chi connectivity index (χ3n) is 2.61. The van der Waals surface area contributed by atoms with Gasteiger partial charge in [0.15, 0.2) is 0 Å². The van der Waals surface area contributed by atoms with Crippen molar-refractivity contribution in [1.82, 2.24) is 5.32 Å². The Morgan fingerprint density at radius 3 is 2.65 bits per heavy atom. The first kappa shape index (κ1) is 12.9. The van der Waals surface area contributed by atoms with Gasteiger partial charge in [-0.2, -0.15) is 0 Å². The molecule has 0 amide bonds. The summed E-state index contributed by atoms with van der Waals surface area (Å²) in [6.07, 6.45) is 0. The van der Waals surface area contributed by atoms with Crippen molar-refractivity contribution in [3.8, 4) is 0 Å². The maximum atomic E-state index is 5.73. The molecule has 2 aromatic rings. The first-order valence-electron chi connectivity index (χ1n) is 5.67. The highest BCUT2D eigenvalue weighted by Gasteiger charge is 2.19. The Balaban J connectivity index is 2.34. The van der Waals surface area contributed by atoms with E-state index in [0.29, 0.717) is 0 Å². The highest BCUT2D eigenvalue weighted by atomic mass is 79.9. The molecule has 17 heavy (non-hydrogen) atoms. The minimum atomic E-state index is 0.156. The Hall–Kier alpha value is -0.580. The summed E-state index contributed by atoms with van der Waals surface area (Å²) in [5, 5.41) is 3.46. The van der Waals surface area contributed by atoms with E-state index < -0.39 is 0 Å². The van der Waals surface area contributed by atoms with Crippen LogP contribution in [-0.2, 0) is 0 Å². The van der Waals surface area contributed by atoms with Gasteiger partial charge in [-0.3, -0.25) is 0 Å². The van der Waals surface area contributed by atoms with Crippen molar-refractivity contribution in [2.45, 2.75) is 26.8 Å². The molecule has 0 aliphatic carbocycles. The van der Waals surface area contributed by atoms with Crippen LogP contribution in [0.1, 0.15) is 34.9 Å². The van der Waals surface area contributed by atoms with E-state index in [4.69, 9.17) is 4.42 Å². The second-order valence-corrected chi connectivity index (χ2v) is 6.45. The number of halogens is 1. The van der Waals surface area contributed by atoms with Crippen LogP contribution in [-0.4, -0.2) is 6.54 Å². The number of hydrogen-bond acceptors (Lipinski definition) is 3. The lowest BCUT2D eigenvalue weighted by Crippen LogP contribution is -2.20. The number of aryl methyl sites for hydroxylation is 2. The molecule has 0 bridgehead atoms. The van der Waals surface area contributed by atoms with Gasteiger partial charge in [0, 0.05) is 4.88 Å². The van der Waals surface area contributed by atoms with E-state index in [1.807, 2.05) is 19.1 Å². The molecule has 0 radical (unpaired) electrons. The molecule has 0 saturated carbocycles. The van der Waals surface area contributed by atoms with Crippen LogP contribution >= 0.6 is 27.3 Å². The molecule has 0 spiro atoms. The maximum Gasteiger partial charge on any atom is 0.126 e. The molecule has 0 aliphatic rings. The SMILES string of the molecule is CCNC(c1ccc(C)o1)c1cc(C)c(Br)s1. The molecule has 4 heteroatoms.